The van der Waals surface area contributed by atoms with Gasteiger partial charge >= 0.3 is 6.18 Å². The summed E-state index contributed by atoms with van der Waals surface area (Å²) in [4.78, 5) is 3.80. The normalized spacial score (nSPS) is 14.4. The standard InChI is InChI=1S/C7H10F3N3S/c1-2-4(13-11)5-3-12-6(14-5)7(8,9)10/h3-4,13H,2,11H2,1H3. The molecule has 0 aromatic carbocycles. The second-order valence-corrected chi connectivity index (χ2v) is 3.76. The molecule has 3 N–H and O–H groups in total. The number of halogens is 3. The predicted molar refractivity (Wildman–Crippen MR) is 47.5 cm³/mol. The van der Waals surface area contributed by atoms with E-state index in [-0.39, 0.29) is 6.04 Å². The smallest absolute Gasteiger partial charge is 0.271 e. The molecular weight excluding hydrogens is 215 g/mol. The number of rotatable bonds is 3. The monoisotopic (exact) mass is 225 g/mol. The Morgan fingerprint density at radius 1 is 1.64 bits per heavy atom. The quantitative estimate of drug-likeness (QED) is 0.611. The molecule has 0 aliphatic carbocycles. The zero-order valence-corrected chi connectivity index (χ0v) is 8.25. The second kappa shape index (κ2) is 4.24. The van der Waals surface area contributed by atoms with Crippen LogP contribution in [0.1, 0.15) is 29.3 Å². The summed E-state index contributed by atoms with van der Waals surface area (Å²) in [6.45, 7) is 1.83. The van der Waals surface area contributed by atoms with Gasteiger partial charge in [0.2, 0.25) is 0 Å². The average Bonchev–Trinajstić information content (AvgIpc) is 2.54. The molecule has 0 bridgehead atoms. The number of thiazole rings is 1. The van der Waals surface area contributed by atoms with E-state index >= 15 is 0 Å². The van der Waals surface area contributed by atoms with Gasteiger partial charge in [-0.2, -0.15) is 13.2 Å². The lowest BCUT2D eigenvalue weighted by Crippen LogP contribution is -2.26. The first-order valence-electron chi connectivity index (χ1n) is 3.98. The largest absolute Gasteiger partial charge is 0.443 e. The minimum absolute atomic E-state index is 0.261. The summed E-state index contributed by atoms with van der Waals surface area (Å²) in [5.74, 6) is 5.18. The molecule has 0 spiro atoms. The van der Waals surface area contributed by atoms with Gasteiger partial charge in [-0.1, -0.05) is 6.92 Å². The fourth-order valence-electron chi connectivity index (χ4n) is 0.980. The van der Waals surface area contributed by atoms with E-state index in [1.807, 2.05) is 6.92 Å². The van der Waals surface area contributed by atoms with Gasteiger partial charge in [0.1, 0.15) is 0 Å². The van der Waals surface area contributed by atoms with Crippen LogP contribution in [-0.2, 0) is 6.18 Å². The van der Waals surface area contributed by atoms with Crippen molar-refractivity contribution < 1.29 is 13.2 Å². The molecular formula is C7H10F3N3S. The number of hydrazine groups is 1. The highest BCUT2D eigenvalue weighted by Gasteiger charge is 2.35. The third-order valence-electron chi connectivity index (χ3n) is 1.72. The number of nitrogens with zero attached hydrogens (tertiary/aromatic N) is 1. The first-order valence-corrected chi connectivity index (χ1v) is 4.79. The van der Waals surface area contributed by atoms with E-state index < -0.39 is 11.2 Å². The summed E-state index contributed by atoms with van der Waals surface area (Å²) < 4.78 is 36.5. The molecule has 7 heteroatoms. The summed E-state index contributed by atoms with van der Waals surface area (Å²) >= 11 is 0.618. The number of hydrogen-bond acceptors (Lipinski definition) is 4. The molecule has 0 radical (unpaired) electrons. The van der Waals surface area contributed by atoms with Gasteiger partial charge in [0, 0.05) is 11.1 Å². The SMILES string of the molecule is CCC(NN)c1cnc(C(F)(F)F)s1. The zero-order valence-electron chi connectivity index (χ0n) is 7.43. The number of hydrogen-bond donors (Lipinski definition) is 2. The molecule has 1 aromatic rings. The summed E-state index contributed by atoms with van der Waals surface area (Å²) in [5.41, 5.74) is 2.44. The Balaban J connectivity index is 2.87. The lowest BCUT2D eigenvalue weighted by molar-refractivity contribution is -0.137. The van der Waals surface area contributed by atoms with Crippen molar-refractivity contribution in [1.29, 1.82) is 0 Å². The van der Waals surface area contributed by atoms with Crippen molar-refractivity contribution in [2.24, 2.45) is 5.84 Å². The number of alkyl halides is 3. The topological polar surface area (TPSA) is 50.9 Å². The van der Waals surface area contributed by atoms with E-state index in [1.165, 1.54) is 6.20 Å². The minimum Gasteiger partial charge on any atom is -0.271 e. The molecule has 0 amide bonds. The summed E-state index contributed by atoms with van der Waals surface area (Å²) in [6, 6.07) is -0.261. The van der Waals surface area contributed by atoms with Crippen molar-refractivity contribution in [2.45, 2.75) is 25.6 Å². The fraction of sp³-hybridized carbons (Fsp3) is 0.571. The molecule has 0 saturated heterocycles. The van der Waals surface area contributed by atoms with Gasteiger partial charge in [-0.15, -0.1) is 11.3 Å². The minimum atomic E-state index is -4.37. The summed E-state index contributed by atoms with van der Waals surface area (Å²) in [5, 5.41) is -0.832. The van der Waals surface area contributed by atoms with Crippen molar-refractivity contribution in [2.75, 3.05) is 0 Å². The average molecular weight is 225 g/mol. The molecule has 80 valence electrons. The third-order valence-corrected chi connectivity index (χ3v) is 2.87. The Labute approximate surface area is 83.1 Å². The van der Waals surface area contributed by atoms with Crippen LogP contribution in [0.4, 0.5) is 13.2 Å². The van der Waals surface area contributed by atoms with Crippen molar-refractivity contribution in [1.82, 2.24) is 10.4 Å². The third kappa shape index (κ3) is 2.43. The van der Waals surface area contributed by atoms with E-state index in [0.29, 0.717) is 22.6 Å². The highest BCUT2D eigenvalue weighted by Crippen LogP contribution is 2.34. The zero-order chi connectivity index (χ0) is 10.8. The Morgan fingerprint density at radius 3 is 2.64 bits per heavy atom. The van der Waals surface area contributed by atoms with Crippen molar-refractivity contribution in [3.8, 4) is 0 Å². The van der Waals surface area contributed by atoms with Gasteiger partial charge in [0.05, 0.1) is 6.04 Å². The first-order chi connectivity index (χ1) is 6.49. The molecule has 1 atom stereocenters. The maximum absolute atomic E-state index is 12.2. The molecule has 1 aromatic heterocycles. The highest BCUT2D eigenvalue weighted by molar-refractivity contribution is 7.11. The molecule has 14 heavy (non-hydrogen) atoms. The molecule has 3 nitrogen and oxygen atoms in total. The molecule has 0 aliphatic rings. The van der Waals surface area contributed by atoms with Gasteiger partial charge in [-0.05, 0) is 6.42 Å². The predicted octanol–water partition coefficient (Wildman–Crippen LogP) is 2.08. The van der Waals surface area contributed by atoms with Gasteiger partial charge in [-0.3, -0.25) is 11.3 Å². The summed E-state index contributed by atoms with van der Waals surface area (Å²) in [7, 11) is 0. The van der Waals surface area contributed by atoms with Crippen molar-refractivity contribution >= 4 is 11.3 Å². The van der Waals surface area contributed by atoms with Crippen LogP contribution in [0.3, 0.4) is 0 Å². The van der Waals surface area contributed by atoms with Gasteiger partial charge < -0.3 is 0 Å². The van der Waals surface area contributed by atoms with E-state index in [0.717, 1.165) is 0 Å². The summed E-state index contributed by atoms with van der Waals surface area (Å²) in [6.07, 6.45) is -2.53. The molecule has 1 unspecified atom stereocenters. The van der Waals surface area contributed by atoms with Crippen LogP contribution in [0.2, 0.25) is 0 Å². The first kappa shape index (κ1) is 11.4. The molecule has 0 saturated carbocycles. The highest BCUT2D eigenvalue weighted by atomic mass is 32.1. The van der Waals surface area contributed by atoms with Gasteiger partial charge in [0.15, 0.2) is 5.01 Å². The van der Waals surface area contributed by atoms with Crippen LogP contribution in [-0.4, -0.2) is 4.98 Å². The Bertz CT molecular complexity index is 293. The van der Waals surface area contributed by atoms with Crippen LogP contribution in [0.15, 0.2) is 6.20 Å². The fourth-order valence-corrected chi connectivity index (χ4v) is 1.91. The van der Waals surface area contributed by atoms with Crippen LogP contribution in [0.5, 0.6) is 0 Å². The molecule has 1 heterocycles. The van der Waals surface area contributed by atoms with E-state index in [9.17, 15) is 13.2 Å². The van der Waals surface area contributed by atoms with Gasteiger partial charge in [-0.25, -0.2) is 4.98 Å². The van der Waals surface area contributed by atoms with E-state index in [1.54, 1.807) is 0 Å². The number of nitrogens with one attached hydrogen (secondary N) is 1. The van der Waals surface area contributed by atoms with Crippen LogP contribution in [0, 0.1) is 0 Å². The number of nitrogens with two attached hydrogens (primary N) is 1. The Morgan fingerprint density at radius 2 is 2.29 bits per heavy atom. The lowest BCUT2D eigenvalue weighted by Gasteiger charge is -2.09. The maximum Gasteiger partial charge on any atom is 0.443 e. The Kier molecular flexibility index (Phi) is 3.46. The van der Waals surface area contributed by atoms with E-state index in [4.69, 9.17) is 5.84 Å². The van der Waals surface area contributed by atoms with Crippen molar-refractivity contribution in [3.63, 3.8) is 0 Å². The maximum atomic E-state index is 12.2. The van der Waals surface area contributed by atoms with Crippen LogP contribution in [0.25, 0.3) is 0 Å². The second-order valence-electron chi connectivity index (χ2n) is 2.69. The van der Waals surface area contributed by atoms with E-state index in [2.05, 4.69) is 10.4 Å². The van der Waals surface area contributed by atoms with Crippen molar-refractivity contribution in [3.05, 3.63) is 16.1 Å². The lowest BCUT2D eigenvalue weighted by atomic mass is 10.2. The molecule has 0 fully saturated rings. The molecule has 0 aliphatic heterocycles. The number of aromatic nitrogens is 1. The molecule has 1 rings (SSSR count). The van der Waals surface area contributed by atoms with Crippen LogP contribution < -0.4 is 11.3 Å². The Hall–Kier alpha value is -0.660. The van der Waals surface area contributed by atoms with Gasteiger partial charge in [0.25, 0.3) is 0 Å². The van der Waals surface area contributed by atoms with Crippen LogP contribution >= 0.6 is 11.3 Å².